The molecular weight excluding hydrogens is 286 g/mol. The Bertz CT molecular complexity index is 584. The van der Waals surface area contributed by atoms with Crippen molar-refractivity contribution in [3.63, 3.8) is 0 Å². The van der Waals surface area contributed by atoms with Gasteiger partial charge in [0.1, 0.15) is 0 Å². The van der Waals surface area contributed by atoms with Crippen LogP contribution < -0.4 is 5.32 Å². The molecule has 1 heterocycles. The lowest BCUT2D eigenvalue weighted by atomic mass is 10.0. The molecule has 5 heteroatoms. The molecule has 2 rings (SSSR count). The van der Waals surface area contributed by atoms with Crippen LogP contribution in [0, 0.1) is 16.7 Å². The first-order chi connectivity index (χ1) is 9.66. The molecule has 0 bridgehead atoms. The standard InChI is InChI=1S/C16H21NO3S/c1-15(2)12(16(15,3)4)9-17-14(20)11-7-5-10(21-11)6-8-13(18)19/h5-8,12H,9H2,1-4H3,(H,17,20)(H,18,19). The van der Waals surface area contributed by atoms with Crippen molar-refractivity contribution in [1.29, 1.82) is 0 Å². The summed E-state index contributed by atoms with van der Waals surface area (Å²) in [7, 11) is 0. The zero-order chi connectivity index (χ0) is 15.8. The Balaban J connectivity index is 1.92. The average Bonchev–Trinajstić information content (AvgIpc) is 2.75. The number of aliphatic carboxylic acids is 1. The molecule has 2 N–H and O–H groups in total. The van der Waals surface area contributed by atoms with Gasteiger partial charge in [0.25, 0.3) is 5.91 Å². The number of hydrogen-bond donors (Lipinski definition) is 2. The fourth-order valence-corrected chi connectivity index (χ4v) is 3.67. The molecule has 21 heavy (non-hydrogen) atoms. The van der Waals surface area contributed by atoms with E-state index >= 15 is 0 Å². The first-order valence-corrected chi connectivity index (χ1v) is 7.77. The van der Waals surface area contributed by atoms with Crippen molar-refractivity contribution < 1.29 is 14.7 Å². The lowest BCUT2D eigenvalue weighted by molar-refractivity contribution is -0.131. The topological polar surface area (TPSA) is 66.4 Å². The minimum atomic E-state index is -0.993. The van der Waals surface area contributed by atoms with E-state index in [0.29, 0.717) is 17.3 Å². The molecule has 1 aliphatic rings. The number of amides is 1. The largest absolute Gasteiger partial charge is 0.478 e. The zero-order valence-corrected chi connectivity index (χ0v) is 13.6. The Morgan fingerprint density at radius 1 is 1.29 bits per heavy atom. The Morgan fingerprint density at radius 2 is 1.90 bits per heavy atom. The van der Waals surface area contributed by atoms with Gasteiger partial charge in [0.05, 0.1) is 4.88 Å². The molecule has 0 aliphatic heterocycles. The summed E-state index contributed by atoms with van der Waals surface area (Å²) in [5.74, 6) is -0.596. The van der Waals surface area contributed by atoms with E-state index in [1.54, 1.807) is 12.1 Å². The van der Waals surface area contributed by atoms with E-state index in [1.807, 2.05) is 0 Å². The maximum Gasteiger partial charge on any atom is 0.328 e. The maximum atomic E-state index is 12.1. The van der Waals surface area contributed by atoms with Gasteiger partial charge in [-0.3, -0.25) is 4.79 Å². The van der Waals surface area contributed by atoms with Crippen molar-refractivity contribution >= 4 is 29.3 Å². The van der Waals surface area contributed by atoms with Crippen molar-refractivity contribution in [3.8, 4) is 0 Å². The van der Waals surface area contributed by atoms with E-state index in [-0.39, 0.29) is 16.7 Å². The normalized spacial score (nSPS) is 19.6. The fraction of sp³-hybridized carbons (Fsp3) is 0.500. The molecule has 114 valence electrons. The smallest absolute Gasteiger partial charge is 0.328 e. The van der Waals surface area contributed by atoms with E-state index in [9.17, 15) is 9.59 Å². The number of carbonyl (C=O) groups is 2. The number of carboxylic acids is 1. The van der Waals surface area contributed by atoms with E-state index < -0.39 is 5.97 Å². The highest BCUT2D eigenvalue weighted by Gasteiger charge is 2.64. The number of carbonyl (C=O) groups excluding carboxylic acids is 1. The second kappa shape index (κ2) is 5.30. The average molecular weight is 307 g/mol. The summed E-state index contributed by atoms with van der Waals surface area (Å²) in [6.07, 6.45) is 2.57. The van der Waals surface area contributed by atoms with Crippen LogP contribution in [0.5, 0.6) is 0 Å². The van der Waals surface area contributed by atoms with Crippen LogP contribution in [0.1, 0.15) is 42.2 Å². The molecule has 0 atom stereocenters. The predicted octanol–water partition coefficient (Wildman–Crippen LogP) is 3.26. The molecule has 1 aromatic heterocycles. The van der Waals surface area contributed by atoms with Gasteiger partial charge in [-0.05, 0) is 35.0 Å². The van der Waals surface area contributed by atoms with E-state index in [0.717, 1.165) is 11.0 Å². The zero-order valence-electron chi connectivity index (χ0n) is 12.8. The Hall–Kier alpha value is -1.62. The third-order valence-corrected chi connectivity index (χ3v) is 6.08. The van der Waals surface area contributed by atoms with Crippen LogP contribution in [-0.2, 0) is 4.79 Å². The first kappa shape index (κ1) is 15.8. The predicted molar refractivity (Wildman–Crippen MR) is 84.4 cm³/mol. The van der Waals surface area contributed by atoms with Crippen LogP contribution in [0.2, 0.25) is 0 Å². The van der Waals surface area contributed by atoms with Gasteiger partial charge in [0.15, 0.2) is 0 Å². The SMILES string of the molecule is CC1(C)C(CNC(=O)c2ccc(C=CC(=O)O)s2)C1(C)C. The van der Waals surface area contributed by atoms with Gasteiger partial charge < -0.3 is 10.4 Å². The van der Waals surface area contributed by atoms with Gasteiger partial charge in [-0.15, -0.1) is 11.3 Å². The number of thiophene rings is 1. The van der Waals surface area contributed by atoms with E-state index in [1.165, 1.54) is 17.4 Å². The quantitative estimate of drug-likeness (QED) is 0.821. The highest BCUT2D eigenvalue weighted by atomic mass is 32.1. The van der Waals surface area contributed by atoms with Gasteiger partial charge in [-0.25, -0.2) is 4.79 Å². The van der Waals surface area contributed by atoms with Gasteiger partial charge in [-0.1, -0.05) is 27.7 Å². The Morgan fingerprint density at radius 3 is 2.43 bits per heavy atom. The molecule has 1 aromatic rings. The van der Waals surface area contributed by atoms with E-state index in [4.69, 9.17) is 5.11 Å². The highest BCUT2D eigenvalue weighted by Crippen LogP contribution is 2.67. The first-order valence-electron chi connectivity index (χ1n) is 6.95. The van der Waals surface area contributed by atoms with Crippen LogP contribution in [-0.4, -0.2) is 23.5 Å². The van der Waals surface area contributed by atoms with Crippen LogP contribution in [0.15, 0.2) is 18.2 Å². The van der Waals surface area contributed by atoms with Crippen molar-refractivity contribution in [2.45, 2.75) is 27.7 Å². The van der Waals surface area contributed by atoms with Gasteiger partial charge in [-0.2, -0.15) is 0 Å². The third-order valence-electron chi connectivity index (χ3n) is 5.03. The number of nitrogens with one attached hydrogen (secondary N) is 1. The van der Waals surface area contributed by atoms with Crippen LogP contribution >= 0.6 is 11.3 Å². The van der Waals surface area contributed by atoms with Crippen molar-refractivity contribution in [2.24, 2.45) is 16.7 Å². The summed E-state index contributed by atoms with van der Waals surface area (Å²) in [6.45, 7) is 9.58. The molecule has 0 unspecified atom stereocenters. The monoisotopic (exact) mass is 307 g/mol. The molecule has 1 aliphatic carbocycles. The third kappa shape index (κ3) is 3.02. The lowest BCUT2D eigenvalue weighted by Crippen LogP contribution is -2.26. The molecule has 1 fully saturated rings. The molecule has 0 radical (unpaired) electrons. The van der Waals surface area contributed by atoms with Gasteiger partial charge in [0.2, 0.25) is 0 Å². The number of hydrogen-bond acceptors (Lipinski definition) is 3. The van der Waals surface area contributed by atoms with Crippen molar-refractivity contribution in [3.05, 3.63) is 28.0 Å². The molecule has 0 aromatic carbocycles. The minimum Gasteiger partial charge on any atom is -0.478 e. The Labute approximate surface area is 128 Å². The highest BCUT2D eigenvalue weighted by molar-refractivity contribution is 7.14. The summed E-state index contributed by atoms with van der Waals surface area (Å²) in [5.41, 5.74) is 0.510. The lowest BCUT2D eigenvalue weighted by Gasteiger charge is -2.04. The number of rotatable bonds is 5. The van der Waals surface area contributed by atoms with Crippen molar-refractivity contribution in [1.82, 2.24) is 5.32 Å². The molecule has 0 saturated heterocycles. The molecule has 1 saturated carbocycles. The number of carboxylic acid groups (broad SMARTS) is 1. The maximum absolute atomic E-state index is 12.1. The summed E-state index contributed by atoms with van der Waals surface area (Å²) in [4.78, 5) is 23.9. The summed E-state index contributed by atoms with van der Waals surface area (Å²) < 4.78 is 0. The van der Waals surface area contributed by atoms with Crippen LogP contribution in [0.3, 0.4) is 0 Å². The van der Waals surface area contributed by atoms with Crippen LogP contribution in [0.4, 0.5) is 0 Å². The van der Waals surface area contributed by atoms with Gasteiger partial charge in [0, 0.05) is 17.5 Å². The Kier molecular flexibility index (Phi) is 3.97. The van der Waals surface area contributed by atoms with E-state index in [2.05, 4.69) is 33.0 Å². The fourth-order valence-electron chi connectivity index (χ4n) is 2.84. The molecule has 4 nitrogen and oxygen atoms in total. The molecule has 0 spiro atoms. The second-order valence-electron chi connectivity index (χ2n) is 6.58. The summed E-state index contributed by atoms with van der Waals surface area (Å²) in [6, 6.07) is 3.48. The summed E-state index contributed by atoms with van der Waals surface area (Å²) in [5, 5.41) is 11.6. The van der Waals surface area contributed by atoms with Crippen LogP contribution in [0.25, 0.3) is 6.08 Å². The minimum absolute atomic E-state index is 0.0894. The van der Waals surface area contributed by atoms with Gasteiger partial charge >= 0.3 is 5.97 Å². The molecular formula is C16H21NO3S. The molecule has 1 amide bonds. The summed E-state index contributed by atoms with van der Waals surface area (Å²) >= 11 is 1.29. The van der Waals surface area contributed by atoms with Crippen molar-refractivity contribution in [2.75, 3.05) is 6.54 Å². The second-order valence-corrected chi connectivity index (χ2v) is 7.69.